The molecular weight excluding hydrogens is 416 g/mol. The smallest absolute Gasteiger partial charge is 0.414 e. The highest BCUT2D eigenvalue weighted by molar-refractivity contribution is 7.99. The maximum atomic E-state index is 9.10. The lowest BCUT2D eigenvalue weighted by atomic mass is 9.98. The number of carbonyl (C=O) groups is 2. The van der Waals surface area contributed by atoms with Crippen LogP contribution in [-0.2, 0) is 9.59 Å². The van der Waals surface area contributed by atoms with Crippen molar-refractivity contribution in [2.75, 3.05) is 33.5 Å². The van der Waals surface area contributed by atoms with E-state index in [1.807, 2.05) is 30.0 Å². The minimum Gasteiger partial charge on any atom is -0.496 e. The standard InChI is InChI=1S/C21H24N2OS.C2H2O4/c1-15-16-9-5-7-11-18(16)22-21(25-14-13-23(2)3)20(15)17-10-6-8-12-19(17)24-4;3-1(4)2(5)6/h5-12H,13-14H2,1-4H3;(H,3,4)(H,5,6). The van der Waals surface area contributed by atoms with Crippen molar-refractivity contribution in [3.8, 4) is 16.9 Å². The number of methoxy groups -OCH3 is 1. The van der Waals surface area contributed by atoms with Crippen molar-refractivity contribution < 1.29 is 24.5 Å². The second kappa shape index (κ2) is 11.3. The van der Waals surface area contributed by atoms with Gasteiger partial charge in [-0.05, 0) is 38.7 Å². The molecule has 0 saturated carbocycles. The number of ether oxygens (including phenoxy) is 1. The van der Waals surface area contributed by atoms with Gasteiger partial charge >= 0.3 is 11.9 Å². The monoisotopic (exact) mass is 442 g/mol. The van der Waals surface area contributed by atoms with E-state index in [9.17, 15) is 0 Å². The van der Waals surface area contributed by atoms with E-state index in [2.05, 4.69) is 56.3 Å². The van der Waals surface area contributed by atoms with Gasteiger partial charge in [0.2, 0.25) is 0 Å². The van der Waals surface area contributed by atoms with Gasteiger partial charge in [0.15, 0.2) is 0 Å². The number of pyridine rings is 1. The number of aryl methyl sites for hydroxylation is 1. The van der Waals surface area contributed by atoms with Crippen molar-refractivity contribution in [1.29, 1.82) is 0 Å². The van der Waals surface area contributed by atoms with Crippen LogP contribution in [0.4, 0.5) is 0 Å². The molecule has 1 heterocycles. The summed E-state index contributed by atoms with van der Waals surface area (Å²) in [6, 6.07) is 16.5. The molecule has 0 bridgehead atoms. The zero-order chi connectivity index (χ0) is 23.0. The highest BCUT2D eigenvalue weighted by Crippen LogP contribution is 2.40. The number of rotatable bonds is 6. The van der Waals surface area contributed by atoms with Crippen LogP contribution < -0.4 is 4.74 Å². The summed E-state index contributed by atoms with van der Waals surface area (Å²) >= 11 is 1.81. The first kappa shape index (κ1) is 24.2. The predicted molar refractivity (Wildman–Crippen MR) is 123 cm³/mol. The van der Waals surface area contributed by atoms with E-state index >= 15 is 0 Å². The molecule has 0 atom stereocenters. The molecule has 2 aromatic carbocycles. The van der Waals surface area contributed by atoms with Gasteiger partial charge in [-0.15, -0.1) is 11.8 Å². The van der Waals surface area contributed by atoms with Gasteiger partial charge in [0.25, 0.3) is 0 Å². The molecule has 0 fully saturated rings. The number of benzene rings is 2. The summed E-state index contributed by atoms with van der Waals surface area (Å²) < 4.78 is 5.62. The van der Waals surface area contributed by atoms with Gasteiger partial charge in [0.05, 0.1) is 12.6 Å². The summed E-state index contributed by atoms with van der Waals surface area (Å²) in [6.45, 7) is 3.20. The molecule has 7 nitrogen and oxygen atoms in total. The fourth-order valence-corrected chi connectivity index (χ4v) is 4.17. The summed E-state index contributed by atoms with van der Waals surface area (Å²) in [5.41, 5.74) is 4.58. The molecule has 0 saturated heterocycles. The van der Waals surface area contributed by atoms with E-state index in [0.29, 0.717) is 0 Å². The number of fused-ring (bicyclic) bond motifs is 1. The van der Waals surface area contributed by atoms with Crippen LogP contribution in [-0.4, -0.2) is 65.5 Å². The fraction of sp³-hybridized carbons (Fsp3) is 0.261. The summed E-state index contributed by atoms with van der Waals surface area (Å²) in [5.74, 6) is -1.76. The minimum absolute atomic E-state index is 0.886. The zero-order valence-corrected chi connectivity index (χ0v) is 18.8. The van der Waals surface area contributed by atoms with Crippen LogP contribution in [0.5, 0.6) is 5.75 Å². The molecule has 3 rings (SSSR count). The first-order chi connectivity index (χ1) is 14.8. The summed E-state index contributed by atoms with van der Waals surface area (Å²) in [6.07, 6.45) is 0. The van der Waals surface area contributed by atoms with E-state index in [1.165, 1.54) is 16.5 Å². The molecule has 1 aromatic heterocycles. The quantitative estimate of drug-likeness (QED) is 0.436. The number of carboxylic acid groups (broad SMARTS) is 2. The maximum absolute atomic E-state index is 9.10. The van der Waals surface area contributed by atoms with Gasteiger partial charge in [0.1, 0.15) is 10.8 Å². The third-order valence-electron chi connectivity index (χ3n) is 4.46. The Bertz CT molecular complexity index is 1060. The van der Waals surface area contributed by atoms with E-state index < -0.39 is 11.9 Å². The van der Waals surface area contributed by atoms with Crippen LogP contribution >= 0.6 is 11.8 Å². The van der Waals surface area contributed by atoms with Gasteiger partial charge in [-0.3, -0.25) is 0 Å². The Balaban J connectivity index is 0.000000501. The van der Waals surface area contributed by atoms with E-state index in [-0.39, 0.29) is 0 Å². The number of aromatic nitrogens is 1. The lowest BCUT2D eigenvalue weighted by Gasteiger charge is -2.17. The van der Waals surface area contributed by atoms with Gasteiger partial charge in [-0.25, -0.2) is 14.6 Å². The van der Waals surface area contributed by atoms with Crippen LogP contribution in [0.25, 0.3) is 22.0 Å². The van der Waals surface area contributed by atoms with Crippen molar-refractivity contribution in [3.63, 3.8) is 0 Å². The van der Waals surface area contributed by atoms with Gasteiger partial charge in [-0.2, -0.15) is 0 Å². The van der Waals surface area contributed by atoms with Crippen LogP contribution in [0, 0.1) is 6.92 Å². The topological polar surface area (TPSA) is 100.0 Å². The Morgan fingerprint density at radius 2 is 1.65 bits per heavy atom. The molecule has 164 valence electrons. The number of aliphatic carboxylic acids is 2. The lowest BCUT2D eigenvalue weighted by molar-refractivity contribution is -0.159. The highest BCUT2D eigenvalue weighted by atomic mass is 32.2. The average molecular weight is 443 g/mol. The third kappa shape index (κ3) is 6.44. The van der Waals surface area contributed by atoms with Gasteiger partial charge < -0.3 is 19.8 Å². The second-order valence-corrected chi connectivity index (χ2v) is 7.98. The number of thioether (sulfide) groups is 1. The largest absolute Gasteiger partial charge is 0.496 e. The molecule has 3 aromatic rings. The van der Waals surface area contributed by atoms with Crippen molar-refractivity contribution in [2.45, 2.75) is 11.9 Å². The number of carboxylic acids is 2. The molecule has 0 aliphatic heterocycles. The van der Waals surface area contributed by atoms with Crippen molar-refractivity contribution >= 4 is 34.6 Å². The van der Waals surface area contributed by atoms with Gasteiger partial charge in [0, 0.05) is 28.8 Å². The third-order valence-corrected chi connectivity index (χ3v) is 5.41. The number of para-hydroxylation sites is 2. The van der Waals surface area contributed by atoms with E-state index in [4.69, 9.17) is 29.5 Å². The molecule has 0 amide bonds. The minimum atomic E-state index is -1.82. The second-order valence-electron chi connectivity index (χ2n) is 6.90. The maximum Gasteiger partial charge on any atom is 0.414 e. The zero-order valence-electron chi connectivity index (χ0n) is 18.0. The van der Waals surface area contributed by atoms with Crippen LogP contribution in [0.2, 0.25) is 0 Å². The molecule has 8 heteroatoms. The average Bonchev–Trinajstić information content (AvgIpc) is 2.74. The molecular formula is C23H26N2O5S. The Hall–Kier alpha value is -3.10. The molecule has 0 spiro atoms. The Morgan fingerprint density at radius 3 is 2.26 bits per heavy atom. The van der Waals surface area contributed by atoms with Crippen molar-refractivity contribution in [1.82, 2.24) is 9.88 Å². The lowest BCUT2D eigenvalue weighted by Crippen LogP contribution is -2.15. The number of hydrogen-bond acceptors (Lipinski definition) is 6. The Labute approximate surface area is 185 Å². The predicted octanol–water partition coefficient (Wildman–Crippen LogP) is 4.03. The number of hydrogen-bond donors (Lipinski definition) is 2. The molecule has 31 heavy (non-hydrogen) atoms. The van der Waals surface area contributed by atoms with Gasteiger partial charge in [-0.1, -0.05) is 36.4 Å². The Kier molecular flexibility index (Phi) is 8.84. The van der Waals surface area contributed by atoms with Crippen molar-refractivity contribution in [2.24, 2.45) is 0 Å². The first-order valence-electron chi connectivity index (χ1n) is 9.52. The number of nitrogens with zero attached hydrogens (tertiary/aromatic N) is 2. The van der Waals surface area contributed by atoms with Crippen LogP contribution in [0.1, 0.15) is 5.56 Å². The fourth-order valence-electron chi connectivity index (χ4n) is 2.95. The van der Waals surface area contributed by atoms with Crippen LogP contribution in [0.3, 0.4) is 0 Å². The molecule has 2 N–H and O–H groups in total. The van der Waals surface area contributed by atoms with Crippen molar-refractivity contribution in [3.05, 3.63) is 54.1 Å². The van der Waals surface area contributed by atoms with Crippen LogP contribution in [0.15, 0.2) is 53.6 Å². The molecule has 0 unspecified atom stereocenters. The summed E-state index contributed by atoms with van der Waals surface area (Å²) in [5, 5.41) is 17.0. The summed E-state index contributed by atoms with van der Waals surface area (Å²) in [7, 11) is 5.92. The Morgan fingerprint density at radius 1 is 1.03 bits per heavy atom. The molecule has 0 aliphatic carbocycles. The SMILES string of the molecule is COc1ccccc1-c1c(SCCN(C)C)nc2ccccc2c1C.O=C(O)C(=O)O. The molecule has 0 radical (unpaired) electrons. The van der Waals surface area contributed by atoms with E-state index in [1.54, 1.807) is 7.11 Å². The normalized spacial score (nSPS) is 10.5. The summed E-state index contributed by atoms with van der Waals surface area (Å²) in [4.78, 5) is 25.4. The highest BCUT2D eigenvalue weighted by Gasteiger charge is 2.17. The first-order valence-corrected chi connectivity index (χ1v) is 10.5. The van der Waals surface area contributed by atoms with E-state index in [0.717, 1.165) is 34.2 Å². The molecule has 0 aliphatic rings.